The van der Waals surface area contributed by atoms with Gasteiger partial charge in [-0.25, -0.2) is 9.97 Å². The van der Waals surface area contributed by atoms with Gasteiger partial charge < -0.3 is 0 Å². The molecule has 0 bridgehead atoms. The highest BCUT2D eigenvalue weighted by atomic mass is 14.9. The summed E-state index contributed by atoms with van der Waals surface area (Å²) in [6, 6.07) is 54.8. The summed E-state index contributed by atoms with van der Waals surface area (Å²) >= 11 is 0. The molecule has 0 N–H and O–H groups in total. The molecule has 0 amide bonds. The Morgan fingerprint density at radius 3 is 1.46 bits per heavy atom. The van der Waals surface area contributed by atoms with E-state index in [1.807, 2.05) is 24.5 Å². The highest BCUT2D eigenvalue weighted by Gasteiger charge is 2.14. The molecular weight excluding hydrogens is 585 g/mol. The predicted octanol–water partition coefficient (Wildman–Crippen LogP) is 11.1. The molecule has 48 heavy (non-hydrogen) atoms. The molecule has 0 aliphatic carbocycles. The van der Waals surface area contributed by atoms with E-state index in [1.165, 1.54) is 5.39 Å². The Balaban J connectivity index is 1.16. The number of aromatic nitrogens is 4. The van der Waals surface area contributed by atoms with Gasteiger partial charge in [-0.2, -0.15) is 0 Å². The van der Waals surface area contributed by atoms with Crippen molar-refractivity contribution in [3.05, 3.63) is 170 Å². The fourth-order valence-corrected chi connectivity index (χ4v) is 6.60. The SMILES string of the molecule is c1ccc2c(-c3cc(-c4ccc(-c5cccc6cccnc56)cc4)nc(-c4ccc(-c5cccc6cccnc56)cc4)n3)cccc2c1. The van der Waals surface area contributed by atoms with Gasteiger partial charge in [0, 0.05) is 51.0 Å². The van der Waals surface area contributed by atoms with Crippen molar-refractivity contribution in [2.75, 3.05) is 0 Å². The van der Waals surface area contributed by atoms with Crippen LogP contribution in [0.5, 0.6) is 0 Å². The molecule has 0 atom stereocenters. The molecule has 9 rings (SSSR count). The van der Waals surface area contributed by atoms with Crippen LogP contribution in [0.25, 0.3) is 88.7 Å². The van der Waals surface area contributed by atoms with Crippen LogP contribution in [-0.2, 0) is 0 Å². The molecule has 6 aromatic carbocycles. The van der Waals surface area contributed by atoms with Gasteiger partial charge in [0.1, 0.15) is 0 Å². The molecule has 3 heterocycles. The van der Waals surface area contributed by atoms with Crippen LogP contribution in [0.1, 0.15) is 0 Å². The molecule has 0 saturated heterocycles. The Morgan fingerprint density at radius 2 is 0.812 bits per heavy atom. The summed E-state index contributed by atoms with van der Waals surface area (Å²) in [5.74, 6) is 0.681. The second-order valence-corrected chi connectivity index (χ2v) is 11.9. The van der Waals surface area contributed by atoms with Crippen molar-refractivity contribution in [3.8, 4) is 56.2 Å². The van der Waals surface area contributed by atoms with Gasteiger partial charge in [0.05, 0.1) is 22.4 Å². The molecule has 4 nitrogen and oxygen atoms in total. The van der Waals surface area contributed by atoms with Gasteiger partial charge >= 0.3 is 0 Å². The number of benzene rings is 6. The van der Waals surface area contributed by atoms with E-state index in [-0.39, 0.29) is 0 Å². The summed E-state index contributed by atoms with van der Waals surface area (Å²) < 4.78 is 0. The summed E-state index contributed by atoms with van der Waals surface area (Å²) in [5, 5.41) is 4.59. The zero-order valence-electron chi connectivity index (χ0n) is 26.0. The lowest BCUT2D eigenvalue weighted by molar-refractivity contribution is 1.18. The van der Waals surface area contributed by atoms with Crippen molar-refractivity contribution in [2.45, 2.75) is 0 Å². The largest absolute Gasteiger partial charge is 0.256 e. The lowest BCUT2D eigenvalue weighted by atomic mass is 9.98. The monoisotopic (exact) mass is 612 g/mol. The van der Waals surface area contributed by atoms with E-state index >= 15 is 0 Å². The molecule has 0 spiro atoms. The highest BCUT2D eigenvalue weighted by Crippen LogP contribution is 2.35. The Kier molecular flexibility index (Phi) is 6.76. The second kappa shape index (κ2) is 11.7. The average molecular weight is 613 g/mol. The van der Waals surface area contributed by atoms with Crippen LogP contribution in [0, 0.1) is 0 Å². The Morgan fingerprint density at radius 1 is 0.333 bits per heavy atom. The maximum Gasteiger partial charge on any atom is 0.160 e. The first-order chi connectivity index (χ1) is 23.8. The zero-order valence-corrected chi connectivity index (χ0v) is 26.0. The molecule has 0 aliphatic rings. The third-order valence-corrected chi connectivity index (χ3v) is 9.00. The number of nitrogens with zero attached hydrogens (tertiary/aromatic N) is 4. The van der Waals surface area contributed by atoms with Crippen molar-refractivity contribution < 1.29 is 0 Å². The van der Waals surface area contributed by atoms with Gasteiger partial charge in [-0.3, -0.25) is 9.97 Å². The molecule has 3 aromatic heterocycles. The van der Waals surface area contributed by atoms with Crippen molar-refractivity contribution >= 4 is 32.6 Å². The van der Waals surface area contributed by atoms with Crippen LogP contribution >= 0.6 is 0 Å². The molecule has 4 heteroatoms. The number of para-hydroxylation sites is 2. The van der Waals surface area contributed by atoms with Gasteiger partial charge in [0.25, 0.3) is 0 Å². The number of pyridine rings is 2. The fraction of sp³-hybridized carbons (Fsp3) is 0. The zero-order chi connectivity index (χ0) is 31.9. The van der Waals surface area contributed by atoms with Crippen LogP contribution in [-0.4, -0.2) is 19.9 Å². The smallest absolute Gasteiger partial charge is 0.160 e. The number of hydrogen-bond donors (Lipinski definition) is 0. The van der Waals surface area contributed by atoms with E-state index in [0.29, 0.717) is 5.82 Å². The van der Waals surface area contributed by atoms with E-state index in [2.05, 4.69) is 156 Å². The molecule has 224 valence electrons. The van der Waals surface area contributed by atoms with Crippen LogP contribution in [0.2, 0.25) is 0 Å². The first-order valence-electron chi connectivity index (χ1n) is 16.0. The summed E-state index contributed by atoms with van der Waals surface area (Å²) in [6.45, 7) is 0. The third kappa shape index (κ3) is 4.97. The normalized spacial score (nSPS) is 11.3. The highest BCUT2D eigenvalue weighted by molar-refractivity contribution is 5.97. The molecular formula is C44H28N4. The maximum absolute atomic E-state index is 5.17. The number of hydrogen-bond acceptors (Lipinski definition) is 4. The molecule has 0 fully saturated rings. The first kappa shape index (κ1) is 27.8. The minimum absolute atomic E-state index is 0.681. The molecule has 0 unspecified atom stereocenters. The van der Waals surface area contributed by atoms with Crippen molar-refractivity contribution in [1.29, 1.82) is 0 Å². The Bertz CT molecular complexity index is 2450. The van der Waals surface area contributed by atoms with Crippen LogP contribution in [0.4, 0.5) is 0 Å². The van der Waals surface area contributed by atoms with Crippen LogP contribution < -0.4 is 0 Å². The van der Waals surface area contributed by atoms with Gasteiger partial charge in [-0.15, -0.1) is 0 Å². The van der Waals surface area contributed by atoms with Gasteiger partial charge in [0.15, 0.2) is 5.82 Å². The maximum atomic E-state index is 5.17. The standard InChI is InChI=1S/C44H28N4/c1-2-14-36-29(8-1)9-3-17-39(36)41-28-40(32-22-18-30(19-23-32)37-15-4-10-33-12-6-26-45-42(33)37)47-44(48-41)35-24-20-31(21-25-35)38-16-5-11-34-13-7-27-46-43(34)38/h1-28H. The summed E-state index contributed by atoms with van der Waals surface area (Å²) in [6.07, 6.45) is 3.70. The summed E-state index contributed by atoms with van der Waals surface area (Å²) in [5.41, 5.74) is 11.2. The summed E-state index contributed by atoms with van der Waals surface area (Å²) in [7, 11) is 0. The first-order valence-corrected chi connectivity index (χ1v) is 16.0. The molecule has 9 aromatic rings. The number of fused-ring (bicyclic) bond motifs is 3. The number of rotatable bonds is 5. The van der Waals surface area contributed by atoms with Gasteiger partial charge in [-0.05, 0) is 40.1 Å². The molecule has 0 saturated carbocycles. The van der Waals surface area contributed by atoms with E-state index in [9.17, 15) is 0 Å². The van der Waals surface area contributed by atoms with E-state index in [4.69, 9.17) is 9.97 Å². The Labute approximate surface area is 278 Å². The van der Waals surface area contributed by atoms with Crippen LogP contribution in [0.3, 0.4) is 0 Å². The van der Waals surface area contributed by atoms with Crippen molar-refractivity contribution in [1.82, 2.24) is 19.9 Å². The lowest BCUT2D eigenvalue weighted by Crippen LogP contribution is -1.96. The average Bonchev–Trinajstić information content (AvgIpc) is 3.17. The predicted molar refractivity (Wildman–Crippen MR) is 197 cm³/mol. The van der Waals surface area contributed by atoms with E-state index in [1.54, 1.807) is 0 Å². The second-order valence-electron chi connectivity index (χ2n) is 11.9. The van der Waals surface area contributed by atoms with Crippen molar-refractivity contribution in [3.63, 3.8) is 0 Å². The van der Waals surface area contributed by atoms with Crippen molar-refractivity contribution in [2.24, 2.45) is 0 Å². The lowest BCUT2D eigenvalue weighted by Gasteiger charge is -2.12. The molecule has 0 aliphatic heterocycles. The molecule has 0 radical (unpaired) electrons. The fourth-order valence-electron chi connectivity index (χ4n) is 6.60. The quantitative estimate of drug-likeness (QED) is 0.194. The van der Waals surface area contributed by atoms with Gasteiger partial charge in [-0.1, -0.05) is 140 Å². The topological polar surface area (TPSA) is 51.6 Å². The van der Waals surface area contributed by atoms with E-state index < -0.39 is 0 Å². The Hall–Kier alpha value is -6.52. The minimum Gasteiger partial charge on any atom is -0.256 e. The third-order valence-electron chi connectivity index (χ3n) is 9.00. The summed E-state index contributed by atoms with van der Waals surface area (Å²) in [4.78, 5) is 19.7. The van der Waals surface area contributed by atoms with E-state index in [0.717, 1.165) is 77.5 Å². The minimum atomic E-state index is 0.681. The van der Waals surface area contributed by atoms with Crippen LogP contribution in [0.15, 0.2) is 170 Å². The van der Waals surface area contributed by atoms with Gasteiger partial charge in [0.2, 0.25) is 0 Å².